The van der Waals surface area contributed by atoms with Crippen LogP contribution in [0.4, 0.5) is 0 Å². The molecule has 0 aliphatic rings. The van der Waals surface area contributed by atoms with Crippen molar-refractivity contribution in [3.8, 4) is 0 Å². The summed E-state index contributed by atoms with van der Waals surface area (Å²) in [4.78, 5) is 1.18. The second kappa shape index (κ2) is 8.79. The van der Waals surface area contributed by atoms with Gasteiger partial charge in [0, 0.05) is 43.8 Å². The van der Waals surface area contributed by atoms with Crippen LogP contribution in [0.5, 0.6) is 0 Å². The van der Waals surface area contributed by atoms with E-state index in [0.29, 0.717) is 12.3 Å². The lowest BCUT2D eigenvalue weighted by Crippen LogP contribution is -2.19. The van der Waals surface area contributed by atoms with Crippen molar-refractivity contribution in [3.63, 3.8) is 0 Å². The van der Waals surface area contributed by atoms with Crippen LogP contribution in [-0.2, 0) is 6.54 Å². The number of thioether (sulfide) groups is 1. The molecule has 3 aromatic rings. The van der Waals surface area contributed by atoms with Gasteiger partial charge in [-0.25, -0.2) is 0 Å². The molecule has 1 unspecified atom stereocenters. The number of allylic oxidation sites excluding steroid dienone is 1. The molecular formula is C21H21Br2NOS. The minimum Gasteiger partial charge on any atom is -0.390 e. The first-order valence-electron chi connectivity index (χ1n) is 8.43. The molecule has 0 radical (unpaired) electrons. The molecule has 26 heavy (non-hydrogen) atoms. The molecule has 136 valence electrons. The first kappa shape index (κ1) is 19.7. The zero-order valence-electron chi connectivity index (χ0n) is 14.7. The molecule has 1 N–H and O–H groups in total. The van der Waals surface area contributed by atoms with Crippen LogP contribution in [0.15, 0.2) is 62.4 Å². The predicted molar refractivity (Wildman–Crippen MR) is 120 cm³/mol. The number of aromatic nitrogens is 1. The molecule has 0 saturated heterocycles. The summed E-state index contributed by atoms with van der Waals surface area (Å²) in [6.07, 6.45) is 1.73. The van der Waals surface area contributed by atoms with Gasteiger partial charge in [-0.1, -0.05) is 50.1 Å². The second-order valence-corrected chi connectivity index (χ2v) is 9.54. The highest BCUT2D eigenvalue weighted by Crippen LogP contribution is 2.31. The lowest BCUT2D eigenvalue weighted by Gasteiger charge is -2.14. The number of benzene rings is 2. The number of hydrogen-bond donors (Lipinski definition) is 1. The van der Waals surface area contributed by atoms with E-state index in [2.05, 4.69) is 79.8 Å². The molecule has 0 amide bonds. The van der Waals surface area contributed by atoms with Crippen molar-refractivity contribution in [1.29, 1.82) is 0 Å². The van der Waals surface area contributed by atoms with Gasteiger partial charge in [0.1, 0.15) is 0 Å². The van der Waals surface area contributed by atoms with Gasteiger partial charge in [-0.15, -0.1) is 11.8 Å². The van der Waals surface area contributed by atoms with Crippen molar-refractivity contribution < 1.29 is 5.11 Å². The maximum absolute atomic E-state index is 10.6. The van der Waals surface area contributed by atoms with Crippen LogP contribution in [0.25, 0.3) is 17.0 Å². The zero-order valence-corrected chi connectivity index (χ0v) is 18.7. The number of nitrogens with zero attached hydrogens (tertiary/aromatic N) is 1. The largest absolute Gasteiger partial charge is 0.390 e. The van der Waals surface area contributed by atoms with Crippen molar-refractivity contribution in [2.45, 2.75) is 31.4 Å². The highest BCUT2D eigenvalue weighted by atomic mass is 79.9. The van der Waals surface area contributed by atoms with E-state index in [0.717, 1.165) is 14.5 Å². The number of aliphatic hydroxyl groups excluding tert-OH is 1. The summed E-state index contributed by atoms with van der Waals surface area (Å²) in [6.45, 7) is 4.73. The Morgan fingerprint density at radius 3 is 2.65 bits per heavy atom. The maximum Gasteiger partial charge on any atom is 0.0812 e. The fourth-order valence-corrected chi connectivity index (χ4v) is 4.50. The summed E-state index contributed by atoms with van der Waals surface area (Å²) < 4.78 is 4.36. The number of aliphatic hydroxyl groups is 1. The molecule has 2 nitrogen and oxygen atoms in total. The third-order valence-corrected chi connectivity index (χ3v) is 6.14. The van der Waals surface area contributed by atoms with Crippen LogP contribution < -0.4 is 0 Å². The van der Waals surface area contributed by atoms with Gasteiger partial charge in [0.2, 0.25) is 0 Å². The average Bonchev–Trinajstić information content (AvgIpc) is 2.85. The van der Waals surface area contributed by atoms with E-state index in [1.165, 1.54) is 21.5 Å². The Bertz CT molecular complexity index is 930. The zero-order chi connectivity index (χ0) is 18.7. The summed E-state index contributed by atoms with van der Waals surface area (Å²) in [5, 5.41) is 11.8. The summed E-state index contributed by atoms with van der Waals surface area (Å²) in [7, 11) is 0. The lowest BCUT2D eigenvalue weighted by atomic mass is 10.1. The first-order chi connectivity index (χ1) is 12.5. The molecule has 1 heterocycles. The highest BCUT2D eigenvalue weighted by molar-refractivity contribution is 9.11. The maximum atomic E-state index is 10.6. The van der Waals surface area contributed by atoms with Gasteiger partial charge in [-0.05, 0) is 54.7 Å². The summed E-state index contributed by atoms with van der Waals surface area (Å²) in [6, 6.07) is 16.5. The van der Waals surface area contributed by atoms with Crippen LogP contribution in [0.2, 0.25) is 0 Å². The predicted octanol–water partition coefficient (Wildman–Crippen LogP) is 6.62. The Balaban J connectivity index is 1.87. The van der Waals surface area contributed by atoms with Crippen LogP contribution in [0, 0.1) is 6.92 Å². The van der Waals surface area contributed by atoms with Crippen LogP contribution in [-0.4, -0.2) is 21.5 Å². The normalized spacial score (nSPS) is 13.3. The van der Waals surface area contributed by atoms with E-state index in [9.17, 15) is 5.11 Å². The third kappa shape index (κ3) is 4.63. The minimum atomic E-state index is -0.417. The smallest absolute Gasteiger partial charge is 0.0812 e. The SMILES string of the molecule is C/C(Br)=C\c1c(C)n(CC(O)CSc2ccccc2)c2ccc(Br)cc12. The van der Waals surface area contributed by atoms with Crippen LogP contribution in [0.3, 0.4) is 0 Å². The second-order valence-electron chi connectivity index (χ2n) is 6.28. The molecule has 0 bridgehead atoms. The highest BCUT2D eigenvalue weighted by Gasteiger charge is 2.16. The van der Waals surface area contributed by atoms with Crippen molar-refractivity contribution in [2.24, 2.45) is 0 Å². The summed E-state index contributed by atoms with van der Waals surface area (Å²) in [5.74, 6) is 0.669. The molecule has 2 aromatic carbocycles. The number of halogens is 2. The fourth-order valence-electron chi connectivity index (χ4n) is 3.07. The molecule has 0 spiro atoms. The van der Waals surface area contributed by atoms with Gasteiger partial charge in [0.25, 0.3) is 0 Å². The summed E-state index contributed by atoms with van der Waals surface area (Å²) in [5.41, 5.74) is 3.51. The fraction of sp³-hybridized carbons (Fsp3) is 0.238. The topological polar surface area (TPSA) is 25.2 Å². The molecule has 0 aliphatic carbocycles. The molecule has 3 rings (SSSR count). The lowest BCUT2D eigenvalue weighted by molar-refractivity contribution is 0.179. The quantitative estimate of drug-likeness (QED) is 0.389. The standard InChI is InChI=1S/C21H21Br2NOS/c1-14(22)10-19-15(2)24(21-9-8-16(23)11-20(19)21)12-17(25)13-26-18-6-4-3-5-7-18/h3-11,17,25H,12-13H2,1-2H3/b14-10+. The molecule has 1 aromatic heterocycles. The molecule has 5 heteroatoms. The van der Waals surface area contributed by atoms with E-state index < -0.39 is 6.10 Å². The van der Waals surface area contributed by atoms with Gasteiger partial charge in [0.15, 0.2) is 0 Å². The molecule has 0 fully saturated rings. The van der Waals surface area contributed by atoms with E-state index in [4.69, 9.17) is 0 Å². The Labute approximate surface area is 175 Å². The Kier molecular flexibility index (Phi) is 6.67. The molecular weight excluding hydrogens is 474 g/mol. The molecule has 1 atom stereocenters. The Hall–Kier alpha value is -1.01. The number of hydrogen-bond acceptors (Lipinski definition) is 2. The summed E-state index contributed by atoms with van der Waals surface area (Å²) >= 11 is 8.81. The van der Waals surface area contributed by atoms with Crippen LogP contribution in [0.1, 0.15) is 18.2 Å². The van der Waals surface area contributed by atoms with Gasteiger partial charge in [-0.3, -0.25) is 0 Å². The van der Waals surface area contributed by atoms with Gasteiger partial charge < -0.3 is 9.67 Å². The van der Waals surface area contributed by atoms with Gasteiger partial charge in [-0.2, -0.15) is 0 Å². The van der Waals surface area contributed by atoms with E-state index in [1.807, 2.05) is 25.1 Å². The Morgan fingerprint density at radius 2 is 1.96 bits per heavy atom. The monoisotopic (exact) mass is 493 g/mol. The van der Waals surface area contributed by atoms with Crippen molar-refractivity contribution in [1.82, 2.24) is 4.57 Å². The first-order valence-corrected chi connectivity index (χ1v) is 11.0. The minimum absolute atomic E-state index is 0.417. The van der Waals surface area contributed by atoms with Crippen molar-refractivity contribution >= 4 is 60.6 Å². The van der Waals surface area contributed by atoms with Gasteiger partial charge in [0.05, 0.1) is 6.10 Å². The van der Waals surface area contributed by atoms with Crippen molar-refractivity contribution in [3.05, 3.63) is 68.7 Å². The van der Waals surface area contributed by atoms with Crippen molar-refractivity contribution in [2.75, 3.05) is 5.75 Å². The molecule has 0 saturated carbocycles. The number of fused-ring (bicyclic) bond motifs is 1. The average molecular weight is 495 g/mol. The van der Waals surface area contributed by atoms with E-state index in [-0.39, 0.29) is 0 Å². The van der Waals surface area contributed by atoms with E-state index >= 15 is 0 Å². The van der Waals surface area contributed by atoms with Crippen LogP contribution >= 0.6 is 43.6 Å². The number of rotatable bonds is 6. The molecule has 0 aliphatic heterocycles. The Morgan fingerprint density at radius 1 is 1.23 bits per heavy atom. The third-order valence-electron chi connectivity index (χ3n) is 4.26. The van der Waals surface area contributed by atoms with Gasteiger partial charge >= 0.3 is 0 Å². The van der Waals surface area contributed by atoms with E-state index in [1.54, 1.807) is 11.8 Å².